The highest BCUT2D eigenvalue weighted by atomic mass is 32.2. The number of carbonyl (C=O) groups is 3. The summed E-state index contributed by atoms with van der Waals surface area (Å²) in [6.45, 7) is 15.2. The van der Waals surface area contributed by atoms with Crippen LogP contribution in [-0.4, -0.2) is 57.6 Å². The lowest BCUT2D eigenvalue weighted by Crippen LogP contribution is -2.55. The fraction of sp³-hybridized carbons (Fsp3) is 0.545. The molecule has 8 nitrogen and oxygen atoms in total. The van der Waals surface area contributed by atoms with Crippen LogP contribution in [0.5, 0.6) is 5.75 Å². The third kappa shape index (κ3) is 10.3. The number of anilines is 1. The molecule has 0 aliphatic carbocycles. The van der Waals surface area contributed by atoms with E-state index in [4.69, 9.17) is 4.74 Å². The molecule has 0 radical (unpaired) electrons. The minimum atomic E-state index is -1.16. The van der Waals surface area contributed by atoms with Gasteiger partial charge in [-0.25, -0.2) is 4.79 Å². The van der Waals surface area contributed by atoms with Crippen molar-refractivity contribution < 1.29 is 24.2 Å². The predicted octanol–water partition coefficient (Wildman–Crippen LogP) is 6.99. The molecule has 0 aromatic heterocycles. The van der Waals surface area contributed by atoms with Crippen molar-refractivity contribution in [3.63, 3.8) is 0 Å². The van der Waals surface area contributed by atoms with Gasteiger partial charge in [0.15, 0.2) is 0 Å². The summed E-state index contributed by atoms with van der Waals surface area (Å²) in [6.07, 6.45) is 3.04. The Kier molecular flexibility index (Phi) is 13.2. The number of carbonyl (C=O) groups excluding carboxylic acids is 3. The van der Waals surface area contributed by atoms with E-state index in [0.717, 1.165) is 17.5 Å². The number of phenolic OH excluding ortho intramolecular Hbond substituents is 1. The van der Waals surface area contributed by atoms with Gasteiger partial charge in [0, 0.05) is 17.3 Å². The highest BCUT2D eigenvalue weighted by Crippen LogP contribution is 2.34. The van der Waals surface area contributed by atoms with E-state index in [9.17, 15) is 19.5 Å². The van der Waals surface area contributed by atoms with Crippen molar-refractivity contribution in [1.29, 1.82) is 0 Å². The number of ether oxygens (including phenoxy) is 1. The average molecular weight is 600 g/mol. The molecule has 42 heavy (non-hydrogen) atoms. The number of aromatic hydroxyl groups is 1. The Labute approximate surface area is 256 Å². The lowest BCUT2D eigenvalue weighted by molar-refractivity contribution is -0.143. The maximum absolute atomic E-state index is 14.5. The lowest BCUT2D eigenvalue weighted by atomic mass is 9.96. The Morgan fingerprint density at radius 3 is 2.12 bits per heavy atom. The van der Waals surface area contributed by atoms with Crippen LogP contribution < -0.4 is 10.6 Å². The van der Waals surface area contributed by atoms with Crippen molar-refractivity contribution >= 4 is 35.4 Å². The number of phenols is 1. The van der Waals surface area contributed by atoms with E-state index < -0.39 is 35.6 Å². The SMILES string of the molecule is CSCCC(NC(=O)OC(C)(C)C)C(=O)N(C(C)CCC(C)C)C(C(=O)Nc1c(C)cccc1C)c1ccccc1O. The number of hydrogen-bond acceptors (Lipinski definition) is 6. The molecule has 3 N–H and O–H groups in total. The van der Waals surface area contributed by atoms with Crippen LogP contribution in [0.25, 0.3) is 0 Å². The van der Waals surface area contributed by atoms with Gasteiger partial charge in [0.1, 0.15) is 23.4 Å². The van der Waals surface area contributed by atoms with Crippen molar-refractivity contribution in [3.8, 4) is 5.75 Å². The first kappa shape index (κ1) is 35.0. The van der Waals surface area contributed by atoms with Crippen LogP contribution in [0.3, 0.4) is 0 Å². The zero-order chi connectivity index (χ0) is 31.6. The van der Waals surface area contributed by atoms with Gasteiger partial charge in [-0.3, -0.25) is 9.59 Å². The van der Waals surface area contributed by atoms with E-state index in [-0.39, 0.29) is 11.8 Å². The molecule has 0 heterocycles. The molecule has 0 spiro atoms. The van der Waals surface area contributed by atoms with Crippen LogP contribution >= 0.6 is 11.8 Å². The molecule has 3 atom stereocenters. The monoisotopic (exact) mass is 599 g/mol. The van der Waals surface area contributed by atoms with Crippen LogP contribution in [0.2, 0.25) is 0 Å². The van der Waals surface area contributed by atoms with Crippen molar-refractivity contribution in [3.05, 3.63) is 59.2 Å². The summed E-state index contributed by atoms with van der Waals surface area (Å²) in [4.78, 5) is 43.2. The normalized spacial score (nSPS) is 13.7. The summed E-state index contributed by atoms with van der Waals surface area (Å²) < 4.78 is 5.49. The number of aryl methyl sites for hydroxylation is 2. The summed E-state index contributed by atoms with van der Waals surface area (Å²) in [5.41, 5.74) is 2.00. The molecule has 0 aliphatic rings. The van der Waals surface area contributed by atoms with Gasteiger partial charge in [0.2, 0.25) is 5.91 Å². The summed E-state index contributed by atoms with van der Waals surface area (Å²) in [7, 11) is 0. The topological polar surface area (TPSA) is 108 Å². The van der Waals surface area contributed by atoms with Crippen LogP contribution in [0.15, 0.2) is 42.5 Å². The number of thioether (sulfide) groups is 1. The first-order chi connectivity index (χ1) is 19.7. The molecular weight excluding hydrogens is 550 g/mol. The highest BCUT2D eigenvalue weighted by Gasteiger charge is 2.40. The van der Waals surface area contributed by atoms with E-state index in [0.29, 0.717) is 35.8 Å². The molecule has 0 saturated carbocycles. The van der Waals surface area contributed by atoms with Gasteiger partial charge in [-0.1, -0.05) is 50.2 Å². The van der Waals surface area contributed by atoms with E-state index in [2.05, 4.69) is 24.5 Å². The number of nitrogens with zero attached hydrogens (tertiary/aromatic N) is 1. The van der Waals surface area contributed by atoms with E-state index in [1.807, 2.05) is 45.2 Å². The van der Waals surface area contributed by atoms with E-state index >= 15 is 0 Å². The average Bonchev–Trinajstić information content (AvgIpc) is 2.89. The van der Waals surface area contributed by atoms with Gasteiger partial charge in [-0.15, -0.1) is 0 Å². The first-order valence-electron chi connectivity index (χ1n) is 14.6. The number of hydrogen-bond donors (Lipinski definition) is 3. The second kappa shape index (κ2) is 15.9. The number of para-hydroxylation sites is 2. The Morgan fingerprint density at radius 2 is 1.57 bits per heavy atom. The van der Waals surface area contributed by atoms with Crippen LogP contribution in [0.1, 0.15) is 83.5 Å². The first-order valence-corrected chi connectivity index (χ1v) is 16.0. The second-order valence-corrected chi connectivity index (χ2v) is 13.2. The Balaban J connectivity index is 2.67. The molecule has 3 amide bonds. The Bertz CT molecular complexity index is 1190. The number of benzene rings is 2. The standard InChI is InChI=1S/C33H49N3O5S/c1-21(2)17-18-24(5)36(31(39)26(19-20-42-9)34-32(40)41-33(6,7)8)29(25-15-10-11-16-27(25)37)30(38)35-28-22(3)13-12-14-23(28)4/h10-16,21,24,26,29,37H,17-20H2,1-9H3,(H,34,40)(H,35,38). The predicted molar refractivity (Wildman–Crippen MR) is 172 cm³/mol. The van der Waals surface area contributed by atoms with Crippen LogP contribution in [0, 0.1) is 19.8 Å². The fourth-order valence-corrected chi connectivity index (χ4v) is 5.25. The molecule has 9 heteroatoms. The molecule has 0 aliphatic heterocycles. The maximum atomic E-state index is 14.5. The number of nitrogens with one attached hydrogen (secondary N) is 2. The smallest absolute Gasteiger partial charge is 0.408 e. The van der Waals surface area contributed by atoms with Gasteiger partial charge >= 0.3 is 6.09 Å². The molecule has 0 bridgehead atoms. The molecule has 2 aromatic rings. The summed E-state index contributed by atoms with van der Waals surface area (Å²) >= 11 is 1.56. The second-order valence-electron chi connectivity index (χ2n) is 12.3. The van der Waals surface area contributed by atoms with Gasteiger partial charge in [-0.2, -0.15) is 11.8 Å². The van der Waals surface area contributed by atoms with Crippen molar-refractivity contribution in [1.82, 2.24) is 10.2 Å². The molecule has 0 fully saturated rings. The zero-order valence-corrected chi connectivity index (χ0v) is 27.4. The lowest BCUT2D eigenvalue weighted by Gasteiger charge is -2.39. The third-order valence-corrected chi connectivity index (χ3v) is 7.62. The summed E-state index contributed by atoms with van der Waals surface area (Å²) in [5.74, 6) is 0.0454. The molecule has 2 rings (SSSR count). The molecule has 0 saturated heterocycles. The third-order valence-electron chi connectivity index (χ3n) is 6.98. The Morgan fingerprint density at radius 1 is 0.952 bits per heavy atom. The molecule has 232 valence electrons. The minimum absolute atomic E-state index is 0.0891. The van der Waals surface area contributed by atoms with Crippen molar-refractivity contribution in [2.24, 2.45) is 5.92 Å². The number of rotatable bonds is 13. The van der Waals surface area contributed by atoms with E-state index in [1.165, 1.54) is 6.07 Å². The zero-order valence-electron chi connectivity index (χ0n) is 26.6. The Hall–Kier alpha value is -3.20. The number of amides is 3. The van der Waals surface area contributed by atoms with Crippen LogP contribution in [0.4, 0.5) is 10.5 Å². The highest BCUT2D eigenvalue weighted by molar-refractivity contribution is 7.98. The number of alkyl carbamates (subject to hydrolysis) is 1. The largest absolute Gasteiger partial charge is 0.508 e. The van der Waals surface area contributed by atoms with Gasteiger partial charge in [0.05, 0.1) is 0 Å². The quantitative estimate of drug-likeness (QED) is 0.229. The van der Waals surface area contributed by atoms with E-state index in [1.54, 1.807) is 55.6 Å². The van der Waals surface area contributed by atoms with Gasteiger partial charge in [0.25, 0.3) is 5.91 Å². The van der Waals surface area contributed by atoms with Crippen molar-refractivity contribution in [2.75, 3.05) is 17.3 Å². The maximum Gasteiger partial charge on any atom is 0.408 e. The minimum Gasteiger partial charge on any atom is -0.508 e. The summed E-state index contributed by atoms with van der Waals surface area (Å²) in [6, 6.07) is 9.86. The summed E-state index contributed by atoms with van der Waals surface area (Å²) in [5, 5.41) is 16.8. The van der Waals surface area contributed by atoms with Crippen LogP contribution in [-0.2, 0) is 14.3 Å². The molecular formula is C33H49N3O5S. The molecule has 2 aromatic carbocycles. The van der Waals surface area contributed by atoms with Crippen molar-refractivity contribution in [2.45, 2.75) is 98.4 Å². The molecule has 3 unspecified atom stereocenters. The van der Waals surface area contributed by atoms with Gasteiger partial charge < -0.3 is 25.4 Å². The fourth-order valence-electron chi connectivity index (χ4n) is 4.77. The van der Waals surface area contributed by atoms with Gasteiger partial charge in [-0.05, 0) is 95.9 Å².